The zero-order chi connectivity index (χ0) is 44.8. The van der Waals surface area contributed by atoms with E-state index >= 15 is 0 Å². The molecule has 14 nitrogen and oxygen atoms in total. The largest absolute Gasteiger partial charge is 0.497 e. The number of fused-ring (bicyclic) bond motifs is 7. The number of nitrogens with zero attached hydrogens (tertiary/aromatic N) is 1. The Balaban J connectivity index is 0.999. The summed E-state index contributed by atoms with van der Waals surface area (Å²) in [4.78, 5) is 37.2. The molecular weight excluding hydrogens is 827 g/mol. The van der Waals surface area contributed by atoms with Crippen molar-refractivity contribution in [2.75, 3.05) is 20.3 Å². The summed E-state index contributed by atoms with van der Waals surface area (Å²) in [6.07, 6.45) is 8.90. The summed E-state index contributed by atoms with van der Waals surface area (Å²) in [6, 6.07) is 6.39. The molecule has 6 fully saturated rings. The maximum atomic E-state index is 12.7. The zero-order valence-electron chi connectivity index (χ0n) is 38.1. The van der Waals surface area contributed by atoms with Crippen molar-refractivity contribution in [1.29, 1.82) is 0 Å². The van der Waals surface area contributed by atoms with Gasteiger partial charge in [-0.25, -0.2) is 0 Å². The summed E-state index contributed by atoms with van der Waals surface area (Å²) in [5, 5.41) is 7.59. The third-order valence-corrected chi connectivity index (χ3v) is 16.4. The molecule has 3 aliphatic heterocycles. The molecule has 0 amide bonds. The molecule has 0 unspecified atom stereocenters. The summed E-state index contributed by atoms with van der Waals surface area (Å²) in [5.41, 5.74) is 5.33. The van der Waals surface area contributed by atoms with Crippen molar-refractivity contribution in [2.24, 2.45) is 51.4 Å². The second-order valence-corrected chi connectivity index (χ2v) is 20.3. The summed E-state index contributed by atoms with van der Waals surface area (Å²) in [6.45, 7) is 14.1. The number of nitrogens with one attached hydrogen (secondary N) is 2. The first-order valence-corrected chi connectivity index (χ1v) is 23.5. The summed E-state index contributed by atoms with van der Waals surface area (Å²) >= 11 is 5.70. The molecule has 7 aliphatic rings. The van der Waals surface area contributed by atoms with Crippen LogP contribution < -0.4 is 15.5 Å². The van der Waals surface area contributed by atoms with E-state index in [0.29, 0.717) is 47.7 Å². The quantitative estimate of drug-likeness (QED) is 0.0633. The molecule has 0 radical (unpaired) electrons. The number of esters is 3. The van der Waals surface area contributed by atoms with Crippen LogP contribution in [0.2, 0.25) is 0 Å². The van der Waals surface area contributed by atoms with Crippen LogP contribution in [0.5, 0.6) is 5.75 Å². The highest BCUT2D eigenvalue weighted by atomic mass is 32.1. The number of hydrogen-bond donors (Lipinski definition) is 2. The molecule has 2 N–H and O–H groups in total. The Labute approximate surface area is 377 Å². The van der Waals surface area contributed by atoms with Gasteiger partial charge in [0.15, 0.2) is 29.4 Å². The lowest BCUT2D eigenvalue weighted by Gasteiger charge is -2.58. The van der Waals surface area contributed by atoms with Gasteiger partial charge in [-0.3, -0.25) is 19.8 Å². The van der Waals surface area contributed by atoms with E-state index in [2.05, 4.69) is 49.6 Å². The summed E-state index contributed by atoms with van der Waals surface area (Å²) < 4.78 is 49.3. The van der Waals surface area contributed by atoms with E-state index in [1.54, 1.807) is 13.3 Å². The van der Waals surface area contributed by atoms with Gasteiger partial charge in [-0.05, 0) is 134 Å². The van der Waals surface area contributed by atoms with Crippen LogP contribution in [0, 0.1) is 46.3 Å². The highest BCUT2D eigenvalue weighted by Crippen LogP contribution is 2.70. The second-order valence-electron chi connectivity index (χ2n) is 19.9. The molecule has 4 aliphatic carbocycles. The fourth-order valence-corrected chi connectivity index (χ4v) is 13.4. The minimum absolute atomic E-state index is 0.0368. The predicted octanol–water partition coefficient (Wildman–Crippen LogP) is 6.77. The van der Waals surface area contributed by atoms with Crippen LogP contribution in [-0.4, -0.2) is 98.2 Å². The van der Waals surface area contributed by atoms with Gasteiger partial charge in [-0.15, -0.1) is 0 Å². The van der Waals surface area contributed by atoms with Crippen LogP contribution in [-0.2, 0) is 47.5 Å². The van der Waals surface area contributed by atoms with E-state index in [1.807, 2.05) is 24.3 Å². The topological polar surface area (TPSA) is 161 Å². The second kappa shape index (κ2) is 18.3. The number of rotatable bonds is 10. The molecule has 0 bridgehead atoms. The first-order chi connectivity index (χ1) is 30.0. The lowest BCUT2D eigenvalue weighted by molar-refractivity contribution is -0.288. The normalized spacial score (nSPS) is 41.6. The molecule has 0 aromatic heterocycles. The third-order valence-electron chi connectivity index (χ3n) is 16.1. The van der Waals surface area contributed by atoms with Crippen molar-refractivity contribution in [3.63, 3.8) is 0 Å². The van der Waals surface area contributed by atoms with E-state index in [1.165, 1.54) is 39.2 Å². The minimum Gasteiger partial charge on any atom is -0.497 e. The fraction of sp³-hybridized carbons (Fsp3) is 0.729. The van der Waals surface area contributed by atoms with Gasteiger partial charge in [0.25, 0.3) is 0 Å². The zero-order valence-corrected chi connectivity index (χ0v) is 38.9. The molecule has 3 saturated carbocycles. The van der Waals surface area contributed by atoms with Crippen LogP contribution in [0.1, 0.15) is 112 Å². The maximum Gasteiger partial charge on any atom is 0.303 e. The lowest BCUT2D eigenvalue weighted by Crippen LogP contribution is -2.67. The van der Waals surface area contributed by atoms with Crippen molar-refractivity contribution >= 4 is 41.5 Å². The summed E-state index contributed by atoms with van der Waals surface area (Å²) in [5.74, 6) is 1.77. The molecule has 346 valence electrons. The van der Waals surface area contributed by atoms with Gasteiger partial charge in [-0.2, -0.15) is 5.10 Å². The molecule has 3 heterocycles. The number of ether oxygens (including phenoxy) is 8. The average Bonchev–Trinajstić information content (AvgIpc) is 3.69. The number of methoxy groups -OCH3 is 1. The Kier molecular flexibility index (Phi) is 13.4. The Bertz CT molecular complexity index is 1940. The number of carbonyl (C=O) groups excluding carboxylic acids is 3. The Morgan fingerprint density at radius 1 is 0.952 bits per heavy atom. The van der Waals surface area contributed by atoms with Crippen LogP contribution in [0.25, 0.3) is 0 Å². The first-order valence-electron chi connectivity index (χ1n) is 23.1. The number of hydrazone groups is 1. The number of carbonyl (C=O) groups is 3. The lowest BCUT2D eigenvalue weighted by atomic mass is 9.47. The predicted molar refractivity (Wildman–Crippen MR) is 236 cm³/mol. The van der Waals surface area contributed by atoms with Crippen LogP contribution >= 0.6 is 12.2 Å². The molecule has 1 aromatic carbocycles. The number of benzene rings is 1. The molecule has 1 spiro atoms. The van der Waals surface area contributed by atoms with E-state index in [-0.39, 0.29) is 34.8 Å². The third kappa shape index (κ3) is 9.02. The van der Waals surface area contributed by atoms with Gasteiger partial charge in [0, 0.05) is 33.1 Å². The maximum absolute atomic E-state index is 12.7. The van der Waals surface area contributed by atoms with Crippen molar-refractivity contribution in [3.05, 3.63) is 41.5 Å². The van der Waals surface area contributed by atoms with E-state index in [0.717, 1.165) is 50.7 Å². The molecular formula is C48H67N3O11S. The van der Waals surface area contributed by atoms with E-state index < -0.39 is 54.3 Å². The van der Waals surface area contributed by atoms with Crippen molar-refractivity contribution in [1.82, 2.24) is 10.7 Å². The minimum atomic E-state index is -1.16. The van der Waals surface area contributed by atoms with E-state index in [4.69, 9.17) is 50.1 Å². The number of allylic oxidation sites excluding steroid dienone is 1. The van der Waals surface area contributed by atoms with Gasteiger partial charge in [0.1, 0.15) is 24.5 Å². The first kappa shape index (κ1) is 45.9. The van der Waals surface area contributed by atoms with Crippen LogP contribution in [0.15, 0.2) is 41.0 Å². The van der Waals surface area contributed by atoms with Gasteiger partial charge >= 0.3 is 17.9 Å². The standard InChI is InChI=1S/C48H67N3O11S/c1-26-15-20-48(57-24-26)27(2)40-38(62-48)22-37-35-14-11-32-21-34(16-18-46(32,6)36(35)17-19-47(37,40)7)60-44-41(50-45(63)51-49-23-31-9-12-33(55-8)13-10-31)43(59-30(5)54)42(58-29(4)53)39(61-44)25-56-28(3)52/h9-13,23,26-27,34-44H,14-22,24-25H2,1-8H3,(H2,50,51,63)/b49-23+/t26-,27+,34+,35-,36+,37+,38+,39-,40+,41-,42-,43-,44-,46+,47+,48-/m1/s1. The Morgan fingerprint density at radius 2 is 1.70 bits per heavy atom. The number of thiocarbonyl (C=S) groups is 1. The van der Waals surface area contributed by atoms with Gasteiger partial charge in [-0.1, -0.05) is 39.3 Å². The van der Waals surface area contributed by atoms with Crippen LogP contribution in [0.4, 0.5) is 0 Å². The smallest absolute Gasteiger partial charge is 0.303 e. The molecule has 1 aromatic rings. The molecule has 8 rings (SSSR count). The average molecular weight is 894 g/mol. The monoisotopic (exact) mass is 893 g/mol. The highest BCUT2D eigenvalue weighted by Gasteiger charge is 2.69. The SMILES string of the molecule is COc1ccc(/C=N/NC(=S)N[C@H]2[C@H](O[C@H]3CC[C@@]4(C)C(=CC[C@H]5[C@@H]6C[C@@H]7O[C@]8(CC[C@@H](C)CO8)[C@@H](C)[C@@H]7[C@@]6(C)CC[C@@H]54)C3)O[C@H](COC(C)=O)[C@@H](OC(C)=O)[C@@H]2OC(C)=O)cc1. The molecule has 63 heavy (non-hydrogen) atoms. The Morgan fingerprint density at radius 3 is 2.38 bits per heavy atom. The van der Waals surface area contributed by atoms with E-state index in [9.17, 15) is 14.4 Å². The van der Waals surface area contributed by atoms with Crippen molar-refractivity contribution in [2.45, 2.75) is 155 Å². The molecule has 15 heteroatoms. The molecule has 3 saturated heterocycles. The van der Waals surface area contributed by atoms with Crippen LogP contribution in [0.3, 0.4) is 0 Å². The van der Waals surface area contributed by atoms with Gasteiger partial charge < -0.3 is 43.2 Å². The number of hydrogen-bond acceptors (Lipinski definition) is 13. The van der Waals surface area contributed by atoms with Gasteiger partial charge in [0.05, 0.1) is 32.1 Å². The fourth-order valence-electron chi connectivity index (χ4n) is 13.2. The Hall–Kier alpha value is -3.63. The van der Waals surface area contributed by atoms with Gasteiger partial charge in [0.2, 0.25) is 0 Å². The molecule has 16 atom stereocenters. The summed E-state index contributed by atoms with van der Waals surface area (Å²) in [7, 11) is 1.60. The van der Waals surface area contributed by atoms with Crippen molar-refractivity contribution < 1.29 is 52.3 Å². The highest BCUT2D eigenvalue weighted by molar-refractivity contribution is 7.80. The van der Waals surface area contributed by atoms with Crippen molar-refractivity contribution in [3.8, 4) is 5.75 Å².